The van der Waals surface area contributed by atoms with Crippen LogP contribution in [0, 0.1) is 0 Å². The van der Waals surface area contributed by atoms with Gasteiger partial charge in [-0.3, -0.25) is 14.4 Å². The van der Waals surface area contributed by atoms with Crippen LogP contribution in [0.1, 0.15) is 37.7 Å². The number of aliphatic carboxylic acids is 1. The van der Waals surface area contributed by atoms with E-state index < -0.39 is 47.9 Å². The minimum Gasteiger partial charge on any atom is -0.480 e. The van der Waals surface area contributed by atoms with Crippen LogP contribution in [0.15, 0.2) is 30.3 Å². The van der Waals surface area contributed by atoms with Gasteiger partial charge in [-0.15, -0.1) is 0 Å². The molecule has 2 rings (SSSR count). The molecule has 7 N–H and O–H groups in total. The quantitative estimate of drug-likeness (QED) is 0.161. The van der Waals surface area contributed by atoms with Gasteiger partial charge < -0.3 is 32.1 Å². The van der Waals surface area contributed by atoms with Gasteiger partial charge in [-0.25, -0.2) is 4.79 Å². The van der Waals surface area contributed by atoms with E-state index in [-0.39, 0.29) is 18.6 Å². The molecule has 0 radical (unpaired) electrons. The van der Waals surface area contributed by atoms with Gasteiger partial charge in [-0.1, -0.05) is 30.3 Å². The Bertz CT molecular complexity index is 840. The van der Waals surface area contributed by atoms with Crippen molar-refractivity contribution < 1.29 is 24.3 Å². The number of carboxylic acids is 1. The standard InChI is InChI=1S/C23H35N5O5S/c24-11-5-4-9-17(23(32)33)26-21(30)19-10-6-12-28(19)22(31)18(27-20(29)16(25)14-34)13-15-7-2-1-3-8-15/h1-3,7-8,16-19,34H,4-6,9-14,24-25H2,(H,26,30)(H,27,29)(H,32,33). The summed E-state index contributed by atoms with van der Waals surface area (Å²) in [5.74, 6) is -2.43. The number of amides is 3. The zero-order valence-electron chi connectivity index (χ0n) is 19.2. The maximum absolute atomic E-state index is 13.5. The number of hydrogen-bond donors (Lipinski definition) is 6. The van der Waals surface area contributed by atoms with E-state index in [0.717, 1.165) is 5.56 Å². The van der Waals surface area contributed by atoms with Gasteiger partial charge in [0.15, 0.2) is 0 Å². The lowest BCUT2D eigenvalue weighted by Crippen LogP contribution is -2.57. The summed E-state index contributed by atoms with van der Waals surface area (Å²) in [6, 6.07) is 5.55. The van der Waals surface area contributed by atoms with Crippen LogP contribution in [0.3, 0.4) is 0 Å². The number of carboxylic acid groups (broad SMARTS) is 1. The van der Waals surface area contributed by atoms with Gasteiger partial charge in [-0.2, -0.15) is 12.6 Å². The van der Waals surface area contributed by atoms with Crippen molar-refractivity contribution in [3.05, 3.63) is 35.9 Å². The molecule has 0 saturated carbocycles. The SMILES string of the molecule is NCCCCC(NC(=O)C1CCCN1C(=O)C(Cc1ccccc1)NC(=O)C(N)CS)C(=O)O. The summed E-state index contributed by atoms with van der Waals surface area (Å²) < 4.78 is 0. The second-order valence-corrected chi connectivity index (χ2v) is 8.78. The average Bonchev–Trinajstić information content (AvgIpc) is 3.32. The number of carbonyl (C=O) groups excluding carboxylic acids is 3. The van der Waals surface area contributed by atoms with Crippen molar-refractivity contribution in [2.45, 2.75) is 62.7 Å². The molecule has 1 aliphatic heterocycles. The number of benzene rings is 1. The van der Waals surface area contributed by atoms with Crippen molar-refractivity contribution in [3.8, 4) is 0 Å². The van der Waals surface area contributed by atoms with E-state index in [1.165, 1.54) is 4.90 Å². The Morgan fingerprint density at radius 1 is 1.12 bits per heavy atom. The van der Waals surface area contributed by atoms with E-state index in [1.807, 2.05) is 30.3 Å². The van der Waals surface area contributed by atoms with Gasteiger partial charge in [0.1, 0.15) is 18.1 Å². The zero-order chi connectivity index (χ0) is 25.1. The Labute approximate surface area is 205 Å². The molecule has 188 valence electrons. The van der Waals surface area contributed by atoms with Gasteiger partial charge in [0.25, 0.3) is 0 Å². The van der Waals surface area contributed by atoms with Crippen LogP contribution in [-0.2, 0) is 25.6 Å². The van der Waals surface area contributed by atoms with E-state index in [9.17, 15) is 24.3 Å². The summed E-state index contributed by atoms with van der Waals surface area (Å²) in [6.45, 7) is 0.776. The van der Waals surface area contributed by atoms with Crippen molar-refractivity contribution in [3.63, 3.8) is 0 Å². The van der Waals surface area contributed by atoms with Crippen LogP contribution >= 0.6 is 12.6 Å². The highest BCUT2D eigenvalue weighted by Gasteiger charge is 2.39. The largest absolute Gasteiger partial charge is 0.480 e. The van der Waals surface area contributed by atoms with Crippen molar-refractivity contribution >= 4 is 36.3 Å². The molecular formula is C23H35N5O5S. The maximum Gasteiger partial charge on any atom is 0.326 e. The van der Waals surface area contributed by atoms with Crippen LogP contribution in [0.2, 0.25) is 0 Å². The molecular weight excluding hydrogens is 458 g/mol. The molecule has 1 heterocycles. The third-order valence-corrected chi connectivity index (χ3v) is 6.22. The highest BCUT2D eigenvalue weighted by atomic mass is 32.1. The smallest absolute Gasteiger partial charge is 0.326 e. The topological polar surface area (TPSA) is 168 Å². The second-order valence-electron chi connectivity index (χ2n) is 8.41. The highest BCUT2D eigenvalue weighted by Crippen LogP contribution is 2.20. The van der Waals surface area contributed by atoms with Crippen molar-refractivity contribution in [1.29, 1.82) is 0 Å². The molecule has 11 heteroatoms. The first-order valence-corrected chi connectivity index (χ1v) is 12.2. The number of nitrogens with two attached hydrogens (primary N) is 2. The summed E-state index contributed by atoms with van der Waals surface area (Å²) in [6.07, 6.45) is 2.71. The third-order valence-electron chi connectivity index (χ3n) is 5.83. The summed E-state index contributed by atoms with van der Waals surface area (Å²) in [4.78, 5) is 51.9. The van der Waals surface area contributed by atoms with Crippen LogP contribution in [0.4, 0.5) is 0 Å². The fraction of sp³-hybridized carbons (Fsp3) is 0.565. The van der Waals surface area contributed by atoms with E-state index in [1.54, 1.807) is 0 Å². The van der Waals surface area contributed by atoms with E-state index in [2.05, 4.69) is 23.3 Å². The molecule has 3 amide bonds. The first kappa shape index (κ1) is 27.6. The minimum atomic E-state index is -1.13. The first-order chi connectivity index (χ1) is 16.3. The molecule has 1 aromatic carbocycles. The number of unbranched alkanes of at least 4 members (excludes halogenated alkanes) is 1. The predicted octanol–water partition coefficient (Wildman–Crippen LogP) is -0.340. The summed E-state index contributed by atoms with van der Waals surface area (Å²) >= 11 is 4.05. The molecule has 1 aromatic rings. The van der Waals surface area contributed by atoms with E-state index in [0.29, 0.717) is 38.8 Å². The number of likely N-dealkylation sites (tertiary alicyclic amines) is 1. The summed E-state index contributed by atoms with van der Waals surface area (Å²) in [5, 5.41) is 14.7. The molecule has 1 saturated heterocycles. The lowest BCUT2D eigenvalue weighted by molar-refractivity contribution is -0.145. The maximum atomic E-state index is 13.5. The van der Waals surface area contributed by atoms with Crippen LogP contribution < -0.4 is 22.1 Å². The number of nitrogens with one attached hydrogen (secondary N) is 2. The van der Waals surface area contributed by atoms with Crippen molar-refractivity contribution in [2.75, 3.05) is 18.8 Å². The monoisotopic (exact) mass is 493 g/mol. The van der Waals surface area contributed by atoms with Gasteiger partial charge >= 0.3 is 5.97 Å². The number of rotatable bonds is 13. The Hall–Kier alpha value is -2.63. The lowest BCUT2D eigenvalue weighted by atomic mass is 10.0. The molecule has 10 nitrogen and oxygen atoms in total. The van der Waals surface area contributed by atoms with Gasteiger partial charge in [0.2, 0.25) is 17.7 Å². The molecule has 4 unspecified atom stereocenters. The third kappa shape index (κ3) is 8.00. The van der Waals surface area contributed by atoms with Crippen LogP contribution in [0.25, 0.3) is 0 Å². The predicted molar refractivity (Wildman–Crippen MR) is 131 cm³/mol. The van der Waals surface area contributed by atoms with Gasteiger partial charge in [0.05, 0.1) is 6.04 Å². The Kier molecular flexibility index (Phi) is 11.3. The lowest BCUT2D eigenvalue weighted by Gasteiger charge is -2.30. The highest BCUT2D eigenvalue weighted by molar-refractivity contribution is 7.80. The molecule has 1 aliphatic rings. The van der Waals surface area contributed by atoms with Crippen molar-refractivity contribution in [1.82, 2.24) is 15.5 Å². The molecule has 0 bridgehead atoms. The van der Waals surface area contributed by atoms with Crippen LogP contribution in [-0.4, -0.2) is 76.7 Å². The molecule has 4 atom stereocenters. The zero-order valence-corrected chi connectivity index (χ0v) is 20.1. The summed E-state index contributed by atoms with van der Waals surface area (Å²) in [7, 11) is 0. The average molecular weight is 494 g/mol. The fourth-order valence-electron chi connectivity index (χ4n) is 3.93. The Balaban J connectivity index is 2.15. The Morgan fingerprint density at radius 2 is 1.82 bits per heavy atom. The van der Waals surface area contributed by atoms with E-state index in [4.69, 9.17) is 11.5 Å². The minimum absolute atomic E-state index is 0.119. The number of hydrogen-bond acceptors (Lipinski definition) is 7. The van der Waals surface area contributed by atoms with Crippen molar-refractivity contribution in [2.24, 2.45) is 11.5 Å². The molecule has 0 aliphatic carbocycles. The first-order valence-electron chi connectivity index (χ1n) is 11.5. The second kappa shape index (κ2) is 13.9. The van der Waals surface area contributed by atoms with E-state index >= 15 is 0 Å². The summed E-state index contributed by atoms with van der Waals surface area (Å²) in [5.41, 5.74) is 12.1. The molecule has 0 aromatic heterocycles. The fourth-order valence-corrected chi connectivity index (χ4v) is 4.10. The number of nitrogens with zero attached hydrogens (tertiary/aromatic N) is 1. The van der Waals surface area contributed by atoms with Gasteiger partial charge in [0, 0.05) is 18.7 Å². The van der Waals surface area contributed by atoms with Crippen LogP contribution in [0.5, 0.6) is 0 Å². The number of carbonyl (C=O) groups is 4. The molecule has 34 heavy (non-hydrogen) atoms. The number of thiol groups is 1. The van der Waals surface area contributed by atoms with Gasteiger partial charge in [-0.05, 0) is 44.2 Å². The normalized spacial score (nSPS) is 18.1. The molecule has 0 spiro atoms. The Morgan fingerprint density at radius 3 is 2.44 bits per heavy atom. The molecule has 1 fully saturated rings.